The third kappa shape index (κ3) is 3.72. The Labute approximate surface area is 123 Å². The van der Waals surface area contributed by atoms with E-state index in [0.717, 1.165) is 5.69 Å². The van der Waals surface area contributed by atoms with Crippen LogP contribution >= 0.6 is 0 Å². The predicted molar refractivity (Wildman–Crippen MR) is 79.7 cm³/mol. The highest BCUT2D eigenvalue weighted by Crippen LogP contribution is 2.23. The number of hydrogen-bond acceptors (Lipinski definition) is 4. The van der Waals surface area contributed by atoms with Gasteiger partial charge in [0.1, 0.15) is 11.5 Å². The van der Waals surface area contributed by atoms with Crippen molar-refractivity contribution in [1.82, 2.24) is 10.3 Å². The number of hydrogen-bond donors (Lipinski definition) is 1. The molecule has 1 unspecified atom stereocenters. The number of pyridine rings is 1. The first kappa shape index (κ1) is 14.8. The van der Waals surface area contributed by atoms with Crippen molar-refractivity contribution in [2.75, 3.05) is 14.2 Å². The molecule has 0 radical (unpaired) electrons. The molecule has 5 heteroatoms. The normalized spacial score (nSPS) is 11.6. The second kappa shape index (κ2) is 6.74. The summed E-state index contributed by atoms with van der Waals surface area (Å²) in [5.41, 5.74) is 1.29. The van der Waals surface area contributed by atoms with Gasteiger partial charge < -0.3 is 14.8 Å². The fraction of sp³-hybridized carbons (Fsp3) is 0.250. The van der Waals surface area contributed by atoms with Crippen LogP contribution in [0.5, 0.6) is 11.5 Å². The van der Waals surface area contributed by atoms with Gasteiger partial charge in [-0.2, -0.15) is 0 Å². The lowest BCUT2D eigenvalue weighted by molar-refractivity contribution is 0.0938. The molecule has 1 aromatic heterocycles. The molecule has 0 spiro atoms. The van der Waals surface area contributed by atoms with Crippen LogP contribution in [0.25, 0.3) is 0 Å². The van der Waals surface area contributed by atoms with E-state index < -0.39 is 0 Å². The van der Waals surface area contributed by atoms with E-state index in [4.69, 9.17) is 9.47 Å². The molecule has 5 nitrogen and oxygen atoms in total. The minimum absolute atomic E-state index is 0.184. The molecule has 0 bridgehead atoms. The molecule has 2 rings (SSSR count). The molecule has 110 valence electrons. The molecule has 0 saturated carbocycles. The van der Waals surface area contributed by atoms with Crippen molar-refractivity contribution in [2.45, 2.75) is 13.0 Å². The molecule has 1 atom stereocenters. The summed E-state index contributed by atoms with van der Waals surface area (Å²) in [6.07, 6.45) is 1.70. The first-order valence-electron chi connectivity index (χ1n) is 6.59. The predicted octanol–water partition coefficient (Wildman–Crippen LogP) is 2.59. The van der Waals surface area contributed by atoms with Crippen molar-refractivity contribution in [2.24, 2.45) is 0 Å². The molecule has 1 aromatic carbocycles. The van der Waals surface area contributed by atoms with Gasteiger partial charge >= 0.3 is 0 Å². The van der Waals surface area contributed by atoms with Gasteiger partial charge in [0, 0.05) is 17.8 Å². The van der Waals surface area contributed by atoms with Crippen molar-refractivity contribution in [1.29, 1.82) is 0 Å². The second-order valence-electron chi connectivity index (χ2n) is 4.55. The summed E-state index contributed by atoms with van der Waals surface area (Å²) >= 11 is 0. The maximum Gasteiger partial charge on any atom is 0.252 e. The Morgan fingerprint density at radius 1 is 1.14 bits per heavy atom. The molecular weight excluding hydrogens is 268 g/mol. The molecule has 0 aliphatic heterocycles. The first-order chi connectivity index (χ1) is 10.1. The van der Waals surface area contributed by atoms with Gasteiger partial charge in [-0.15, -0.1) is 0 Å². The average molecular weight is 286 g/mol. The number of benzene rings is 1. The number of nitrogens with one attached hydrogen (secondary N) is 1. The topological polar surface area (TPSA) is 60.5 Å². The fourth-order valence-electron chi connectivity index (χ4n) is 1.92. The lowest BCUT2D eigenvalue weighted by Gasteiger charge is -2.14. The minimum atomic E-state index is -0.203. The van der Waals surface area contributed by atoms with Gasteiger partial charge in [0.25, 0.3) is 5.91 Å². The Morgan fingerprint density at radius 2 is 1.81 bits per heavy atom. The van der Waals surface area contributed by atoms with Crippen molar-refractivity contribution in [3.8, 4) is 11.5 Å². The number of carbonyl (C=O) groups is 1. The SMILES string of the molecule is COc1cc(OC)cc(C(=O)NC(C)c2ccccn2)c1. The van der Waals surface area contributed by atoms with Crippen LogP contribution in [-0.2, 0) is 0 Å². The molecule has 21 heavy (non-hydrogen) atoms. The molecular formula is C16H18N2O3. The van der Waals surface area contributed by atoms with E-state index in [-0.39, 0.29) is 11.9 Å². The van der Waals surface area contributed by atoms with Crippen LogP contribution in [0.15, 0.2) is 42.6 Å². The van der Waals surface area contributed by atoms with E-state index >= 15 is 0 Å². The fourth-order valence-corrected chi connectivity index (χ4v) is 1.92. The van der Waals surface area contributed by atoms with E-state index in [1.165, 1.54) is 0 Å². The zero-order chi connectivity index (χ0) is 15.2. The van der Waals surface area contributed by atoms with Crippen LogP contribution in [0, 0.1) is 0 Å². The molecule has 0 aliphatic rings. The number of carbonyl (C=O) groups excluding carboxylic acids is 1. The number of rotatable bonds is 5. The summed E-state index contributed by atoms with van der Waals surface area (Å²) in [6, 6.07) is 10.5. The Morgan fingerprint density at radius 3 is 2.33 bits per heavy atom. The number of amides is 1. The van der Waals surface area contributed by atoms with Gasteiger partial charge in [-0.1, -0.05) is 6.07 Å². The smallest absolute Gasteiger partial charge is 0.252 e. The van der Waals surface area contributed by atoms with Crippen molar-refractivity contribution in [3.05, 3.63) is 53.9 Å². The van der Waals surface area contributed by atoms with E-state index in [1.54, 1.807) is 38.6 Å². The minimum Gasteiger partial charge on any atom is -0.497 e. The highest BCUT2D eigenvalue weighted by Gasteiger charge is 2.14. The summed E-state index contributed by atoms with van der Waals surface area (Å²) < 4.78 is 10.3. The molecule has 0 aliphatic carbocycles. The van der Waals surface area contributed by atoms with Crippen LogP contribution < -0.4 is 14.8 Å². The van der Waals surface area contributed by atoms with E-state index in [2.05, 4.69) is 10.3 Å². The van der Waals surface area contributed by atoms with Crippen molar-refractivity contribution >= 4 is 5.91 Å². The average Bonchev–Trinajstić information content (AvgIpc) is 2.54. The molecule has 0 fully saturated rings. The Bertz CT molecular complexity index is 592. The Balaban J connectivity index is 2.16. The summed E-state index contributed by atoms with van der Waals surface area (Å²) in [5, 5.41) is 2.90. The number of ether oxygens (including phenoxy) is 2. The third-order valence-corrected chi connectivity index (χ3v) is 3.09. The van der Waals surface area contributed by atoms with Crippen molar-refractivity contribution in [3.63, 3.8) is 0 Å². The van der Waals surface area contributed by atoms with Gasteiger partial charge in [-0.3, -0.25) is 9.78 Å². The highest BCUT2D eigenvalue weighted by molar-refractivity contribution is 5.95. The van der Waals surface area contributed by atoms with E-state index in [9.17, 15) is 4.79 Å². The van der Waals surface area contributed by atoms with Crippen LogP contribution in [0.1, 0.15) is 29.0 Å². The maximum atomic E-state index is 12.3. The third-order valence-electron chi connectivity index (χ3n) is 3.09. The molecule has 1 heterocycles. The largest absolute Gasteiger partial charge is 0.497 e. The number of nitrogens with zero attached hydrogens (tertiary/aromatic N) is 1. The highest BCUT2D eigenvalue weighted by atomic mass is 16.5. The lowest BCUT2D eigenvalue weighted by atomic mass is 10.1. The van der Waals surface area contributed by atoms with Gasteiger partial charge in [-0.25, -0.2) is 0 Å². The number of aromatic nitrogens is 1. The van der Waals surface area contributed by atoms with Gasteiger partial charge in [-0.05, 0) is 31.2 Å². The summed E-state index contributed by atoms with van der Waals surface area (Å²) in [6.45, 7) is 1.89. The maximum absolute atomic E-state index is 12.3. The van der Waals surface area contributed by atoms with Crippen molar-refractivity contribution < 1.29 is 14.3 Å². The van der Waals surface area contributed by atoms with Crippen LogP contribution in [-0.4, -0.2) is 25.1 Å². The monoisotopic (exact) mass is 286 g/mol. The van der Waals surface area contributed by atoms with Gasteiger partial charge in [0.2, 0.25) is 0 Å². The zero-order valence-electron chi connectivity index (χ0n) is 12.3. The van der Waals surface area contributed by atoms with Crippen LogP contribution in [0.2, 0.25) is 0 Å². The van der Waals surface area contributed by atoms with E-state index in [1.807, 2.05) is 25.1 Å². The lowest BCUT2D eigenvalue weighted by Crippen LogP contribution is -2.27. The zero-order valence-corrected chi connectivity index (χ0v) is 12.3. The van der Waals surface area contributed by atoms with Gasteiger partial charge in [0.15, 0.2) is 0 Å². The van der Waals surface area contributed by atoms with Crippen LogP contribution in [0.4, 0.5) is 0 Å². The summed E-state index contributed by atoms with van der Waals surface area (Å²) in [4.78, 5) is 16.5. The first-order valence-corrected chi connectivity index (χ1v) is 6.59. The van der Waals surface area contributed by atoms with E-state index in [0.29, 0.717) is 17.1 Å². The van der Waals surface area contributed by atoms with Gasteiger partial charge in [0.05, 0.1) is 26.0 Å². The Kier molecular flexibility index (Phi) is 4.77. The number of methoxy groups -OCH3 is 2. The molecule has 2 aromatic rings. The summed E-state index contributed by atoms with van der Waals surface area (Å²) in [5.74, 6) is 0.945. The molecule has 1 N–H and O–H groups in total. The molecule has 0 saturated heterocycles. The second-order valence-corrected chi connectivity index (χ2v) is 4.55. The summed E-state index contributed by atoms with van der Waals surface area (Å²) in [7, 11) is 3.10. The van der Waals surface area contributed by atoms with Crippen LogP contribution in [0.3, 0.4) is 0 Å². The molecule has 1 amide bonds. The standard InChI is InChI=1S/C16H18N2O3/c1-11(15-6-4-5-7-17-15)18-16(19)12-8-13(20-2)10-14(9-12)21-3/h4-11H,1-3H3,(H,18,19). The Hall–Kier alpha value is -2.56. The quantitative estimate of drug-likeness (QED) is 0.917.